The van der Waals surface area contributed by atoms with Gasteiger partial charge in [-0.3, -0.25) is 0 Å². The van der Waals surface area contributed by atoms with Crippen LogP contribution in [0.15, 0.2) is 104 Å². The Morgan fingerprint density at radius 3 is 1.50 bits per heavy atom. The lowest BCUT2D eigenvalue weighted by atomic mass is 9.67. The Morgan fingerprint density at radius 2 is 1.00 bits per heavy atom. The van der Waals surface area contributed by atoms with Crippen LogP contribution in [0.25, 0.3) is 11.1 Å². The fraction of sp³-hybridized carbons (Fsp3) is 0.0400. The standard InChI is InChI=1S/C25H14Br2S/c26-15-9-11-21-23(13-15)28-24-14-16(27)10-12-22(24)25(21)19-7-3-1-5-17(19)18-6-2-4-8-20(18)25/h1-14H. The van der Waals surface area contributed by atoms with Crippen molar-refractivity contribution in [2.45, 2.75) is 15.2 Å². The van der Waals surface area contributed by atoms with E-state index in [-0.39, 0.29) is 5.41 Å². The van der Waals surface area contributed by atoms with Gasteiger partial charge in [-0.1, -0.05) is 104 Å². The van der Waals surface area contributed by atoms with E-state index in [1.807, 2.05) is 11.8 Å². The number of halogens is 2. The molecule has 0 radical (unpaired) electrons. The maximum absolute atomic E-state index is 3.68. The Balaban J connectivity index is 1.84. The molecule has 0 aromatic heterocycles. The normalized spacial score (nSPS) is 14.9. The van der Waals surface area contributed by atoms with E-state index in [1.54, 1.807) is 0 Å². The van der Waals surface area contributed by atoms with Crippen molar-refractivity contribution in [3.8, 4) is 11.1 Å². The van der Waals surface area contributed by atoms with Crippen molar-refractivity contribution in [3.63, 3.8) is 0 Å². The van der Waals surface area contributed by atoms with Gasteiger partial charge in [-0.25, -0.2) is 0 Å². The van der Waals surface area contributed by atoms with E-state index in [0.29, 0.717) is 0 Å². The van der Waals surface area contributed by atoms with Crippen LogP contribution in [0, 0.1) is 0 Å². The van der Waals surface area contributed by atoms with Crippen LogP contribution in [0.4, 0.5) is 0 Å². The molecule has 1 heterocycles. The smallest absolute Gasteiger partial charge is 0.0735 e. The molecule has 1 spiro atoms. The molecule has 134 valence electrons. The van der Waals surface area contributed by atoms with Crippen LogP contribution in [-0.4, -0.2) is 0 Å². The minimum atomic E-state index is -0.273. The van der Waals surface area contributed by atoms with Crippen molar-refractivity contribution >= 4 is 43.6 Å². The van der Waals surface area contributed by atoms with E-state index in [1.165, 1.54) is 43.2 Å². The lowest BCUT2D eigenvalue weighted by Gasteiger charge is -2.39. The van der Waals surface area contributed by atoms with Gasteiger partial charge < -0.3 is 0 Å². The fourth-order valence-corrected chi connectivity index (χ4v) is 7.16. The second-order valence-electron chi connectivity index (χ2n) is 7.22. The molecular weight excluding hydrogens is 492 g/mol. The Bertz CT molecular complexity index is 1180. The van der Waals surface area contributed by atoms with Crippen LogP contribution >= 0.6 is 43.6 Å². The second-order valence-corrected chi connectivity index (χ2v) is 10.1. The highest BCUT2D eigenvalue weighted by atomic mass is 79.9. The molecule has 1 aliphatic carbocycles. The van der Waals surface area contributed by atoms with Crippen LogP contribution in [-0.2, 0) is 5.41 Å². The van der Waals surface area contributed by atoms with Gasteiger partial charge in [0.2, 0.25) is 0 Å². The highest BCUT2D eigenvalue weighted by molar-refractivity contribution is 9.10. The van der Waals surface area contributed by atoms with E-state index in [0.717, 1.165) is 8.95 Å². The first-order valence-electron chi connectivity index (χ1n) is 9.17. The molecule has 0 fully saturated rings. The lowest BCUT2D eigenvalue weighted by Crippen LogP contribution is -2.31. The molecule has 0 atom stereocenters. The zero-order valence-corrected chi connectivity index (χ0v) is 18.7. The molecule has 0 amide bonds. The average Bonchev–Trinajstić information content (AvgIpc) is 2.99. The summed E-state index contributed by atoms with van der Waals surface area (Å²) in [6.07, 6.45) is 0. The third kappa shape index (κ3) is 2.13. The van der Waals surface area contributed by atoms with Crippen molar-refractivity contribution in [1.29, 1.82) is 0 Å². The molecule has 0 N–H and O–H groups in total. The molecular formula is C25H14Br2S. The van der Waals surface area contributed by atoms with Crippen LogP contribution in [0.1, 0.15) is 22.3 Å². The zero-order chi connectivity index (χ0) is 18.9. The summed E-state index contributed by atoms with van der Waals surface area (Å²) in [4.78, 5) is 2.62. The predicted molar refractivity (Wildman–Crippen MR) is 123 cm³/mol. The SMILES string of the molecule is Brc1ccc2c(c1)Sc1cc(Br)ccc1C21c2ccccc2-c2ccccc21. The summed E-state index contributed by atoms with van der Waals surface area (Å²) in [5.74, 6) is 0. The lowest BCUT2D eigenvalue weighted by molar-refractivity contribution is 0.721. The van der Waals surface area contributed by atoms with Gasteiger partial charge in [0, 0.05) is 18.7 Å². The summed E-state index contributed by atoms with van der Waals surface area (Å²) in [6, 6.07) is 31.3. The van der Waals surface area contributed by atoms with Gasteiger partial charge in [-0.05, 0) is 57.6 Å². The number of hydrogen-bond acceptors (Lipinski definition) is 1. The molecule has 1 aliphatic heterocycles. The first kappa shape index (κ1) is 17.1. The highest BCUT2D eigenvalue weighted by Gasteiger charge is 2.49. The highest BCUT2D eigenvalue weighted by Crippen LogP contribution is 2.62. The molecule has 3 heteroatoms. The zero-order valence-electron chi connectivity index (χ0n) is 14.7. The fourth-order valence-electron chi connectivity index (χ4n) is 4.86. The monoisotopic (exact) mass is 504 g/mol. The van der Waals surface area contributed by atoms with E-state index in [4.69, 9.17) is 0 Å². The molecule has 0 bridgehead atoms. The van der Waals surface area contributed by atoms with Crippen molar-refractivity contribution in [3.05, 3.63) is 116 Å². The van der Waals surface area contributed by atoms with Crippen LogP contribution in [0.5, 0.6) is 0 Å². The molecule has 28 heavy (non-hydrogen) atoms. The Labute approximate surface area is 185 Å². The number of fused-ring (bicyclic) bond motifs is 9. The van der Waals surface area contributed by atoms with E-state index >= 15 is 0 Å². The molecule has 0 saturated carbocycles. The van der Waals surface area contributed by atoms with Crippen molar-refractivity contribution in [1.82, 2.24) is 0 Å². The Hall–Kier alpha value is -1.81. The third-order valence-corrected chi connectivity index (χ3v) is 7.97. The molecule has 6 rings (SSSR count). The van der Waals surface area contributed by atoms with E-state index < -0.39 is 0 Å². The minimum absolute atomic E-state index is 0.273. The largest absolute Gasteiger partial charge is 0.0893 e. The van der Waals surface area contributed by atoms with Crippen molar-refractivity contribution in [2.75, 3.05) is 0 Å². The molecule has 4 aromatic carbocycles. The second kappa shape index (κ2) is 6.09. The first-order valence-corrected chi connectivity index (χ1v) is 11.6. The van der Waals surface area contributed by atoms with Crippen molar-refractivity contribution in [2.24, 2.45) is 0 Å². The predicted octanol–water partition coefficient (Wildman–Crippen LogP) is 8.04. The minimum Gasteiger partial charge on any atom is -0.0893 e. The Morgan fingerprint density at radius 1 is 0.536 bits per heavy atom. The molecule has 0 saturated heterocycles. The van der Waals surface area contributed by atoms with Gasteiger partial charge in [-0.15, -0.1) is 0 Å². The van der Waals surface area contributed by atoms with Gasteiger partial charge in [0.1, 0.15) is 0 Å². The maximum Gasteiger partial charge on any atom is 0.0735 e. The van der Waals surface area contributed by atoms with Gasteiger partial charge >= 0.3 is 0 Å². The summed E-state index contributed by atoms with van der Waals surface area (Å²) in [5, 5.41) is 0. The molecule has 4 aromatic rings. The van der Waals surface area contributed by atoms with Gasteiger partial charge in [0.25, 0.3) is 0 Å². The summed E-state index contributed by atoms with van der Waals surface area (Å²) < 4.78 is 2.24. The van der Waals surface area contributed by atoms with Gasteiger partial charge in [0.05, 0.1) is 5.41 Å². The van der Waals surface area contributed by atoms with Gasteiger partial charge in [-0.2, -0.15) is 0 Å². The van der Waals surface area contributed by atoms with E-state index in [9.17, 15) is 0 Å². The summed E-state index contributed by atoms with van der Waals surface area (Å²) in [7, 11) is 0. The summed E-state index contributed by atoms with van der Waals surface area (Å²) in [5.41, 5.74) is 7.90. The van der Waals surface area contributed by atoms with Crippen molar-refractivity contribution < 1.29 is 0 Å². The molecule has 0 unspecified atom stereocenters. The quantitative estimate of drug-likeness (QED) is 0.201. The number of hydrogen-bond donors (Lipinski definition) is 0. The molecule has 0 nitrogen and oxygen atoms in total. The average molecular weight is 506 g/mol. The topological polar surface area (TPSA) is 0 Å². The van der Waals surface area contributed by atoms with Crippen LogP contribution < -0.4 is 0 Å². The van der Waals surface area contributed by atoms with Gasteiger partial charge in [0.15, 0.2) is 0 Å². The maximum atomic E-state index is 3.68. The number of rotatable bonds is 0. The number of benzene rings is 4. The van der Waals surface area contributed by atoms with Crippen LogP contribution in [0.2, 0.25) is 0 Å². The third-order valence-electron chi connectivity index (χ3n) is 5.87. The summed E-state index contributed by atoms with van der Waals surface area (Å²) >= 11 is 9.23. The van der Waals surface area contributed by atoms with E-state index in [2.05, 4.69) is 117 Å². The Kier molecular flexibility index (Phi) is 3.72. The molecule has 2 aliphatic rings. The first-order chi connectivity index (χ1) is 13.7. The van der Waals surface area contributed by atoms with Crippen LogP contribution in [0.3, 0.4) is 0 Å². The summed E-state index contributed by atoms with van der Waals surface area (Å²) in [6.45, 7) is 0.